The molecule has 0 unspecified atom stereocenters. The maximum Gasteiger partial charge on any atom is 0.160 e. The van der Waals surface area contributed by atoms with E-state index in [-0.39, 0.29) is 12.1 Å². The summed E-state index contributed by atoms with van der Waals surface area (Å²) >= 11 is 0. The van der Waals surface area contributed by atoms with Crippen LogP contribution in [0.5, 0.6) is 0 Å². The molecule has 1 aromatic carbocycles. The molecule has 180 valence electrons. The van der Waals surface area contributed by atoms with Crippen molar-refractivity contribution in [2.45, 2.75) is 83.3 Å². The second-order valence-corrected chi connectivity index (χ2v) is 10.7. The molecule has 3 aliphatic rings. The normalized spacial score (nSPS) is 33.8. The zero-order valence-corrected chi connectivity index (χ0v) is 20.0. The molecule has 0 N–H and O–H groups in total. The molecule has 2 saturated carbocycles. The lowest BCUT2D eigenvalue weighted by Crippen LogP contribution is -2.39. The van der Waals surface area contributed by atoms with Gasteiger partial charge in [0.05, 0.1) is 13.2 Å². The smallest absolute Gasteiger partial charge is 0.160 e. The molecule has 1 aliphatic heterocycles. The molecular weight excluding hydrogens is 403 g/mol. The van der Waals surface area contributed by atoms with Crippen molar-refractivity contribution in [3.63, 3.8) is 0 Å². The van der Waals surface area contributed by atoms with E-state index in [2.05, 4.69) is 0 Å². The first-order valence-corrected chi connectivity index (χ1v) is 13.2. The molecule has 0 radical (unpaired) electrons. The van der Waals surface area contributed by atoms with Crippen LogP contribution in [0.4, 0.5) is 4.39 Å². The van der Waals surface area contributed by atoms with Gasteiger partial charge in [0.25, 0.3) is 0 Å². The summed E-state index contributed by atoms with van der Waals surface area (Å²) in [5, 5.41) is 0. The Bertz CT molecular complexity index is 639. The van der Waals surface area contributed by atoms with E-state index in [4.69, 9.17) is 14.2 Å². The van der Waals surface area contributed by atoms with Crippen molar-refractivity contribution in [3.8, 4) is 0 Å². The largest absolute Gasteiger partial charge is 0.385 e. The fraction of sp³-hybridized carbons (Fsp3) is 0.786. The molecule has 3 nitrogen and oxygen atoms in total. The Hall–Kier alpha value is -0.970. The lowest BCUT2D eigenvalue weighted by Gasteiger charge is -2.41. The number of ether oxygens (including phenoxy) is 3. The molecule has 1 heterocycles. The first kappa shape index (κ1) is 24.2. The van der Waals surface area contributed by atoms with Gasteiger partial charge in [-0.25, -0.2) is 4.39 Å². The first-order valence-electron chi connectivity index (χ1n) is 13.2. The third-order valence-electron chi connectivity index (χ3n) is 8.47. The summed E-state index contributed by atoms with van der Waals surface area (Å²) < 4.78 is 30.5. The molecule has 2 aliphatic carbocycles. The number of rotatable bonds is 9. The van der Waals surface area contributed by atoms with Gasteiger partial charge in [-0.3, -0.25) is 0 Å². The molecule has 0 spiro atoms. The third kappa shape index (κ3) is 7.01. The van der Waals surface area contributed by atoms with E-state index in [1.54, 1.807) is 19.2 Å². The third-order valence-corrected chi connectivity index (χ3v) is 8.47. The second kappa shape index (κ2) is 12.5. The van der Waals surface area contributed by atoms with E-state index in [1.165, 1.54) is 63.4 Å². The number of methoxy groups -OCH3 is 1. The van der Waals surface area contributed by atoms with Crippen LogP contribution < -0.4 is 0 Å². The standard InChI is InChI=1S/C28H43FO3/c1-30-18-2-3-23-19-31-28(32-20-23)26-14-12-25(13-15-26)24-10-6-21(7-11-24)4-5-22-8-16-27(29)17-9-22/h8-9,16-17,21,23-26,28H,2-7,10-15,18-20H2,1H3/t21-,23-,24-,25-,26-,28-. The van der Waals surface area contributed by atoms with Crippen LogP contribution in [0.1, 0.15) is 76.2 Å². The van der Waals surface area contributed by atoms with E-state index in [0.717, 1.165) is 56.8 Å². The van der Waals surface area contributed by atoms with Gasteiger partial charge in [-0.2, -0.15) is 0 Å². The van der Waals surface area contributed by atoms with Crippen molar-refractivity contribution in [2.24, 2.45) is 29.6 Å². The lowest BCUT2D eigenvalue weighted by molar-refractivity contribution is -0.230. The summed E-state index contributed by atoms with van der Waals surface area (Å²) in [7, 11) is 1.77. The molecule has 0 atom stereocenters. The molecule has 0 bridgehead atoms. The first-order chi connectivity index (χ1) is 15.7. The van der Waals surface area contributed by atoms with Crippen LogP contribution in [0, 0.1) is 35.4 Å². The molecular formula is C28H43FO3. The van der Waals surface area contributed by atoms with E-state index in [1.807, 2.05) is 12.1 Å². The maximum atomic E-state index is 13.1. The van der Waals surface area contributed by atoms with Crippen LogP contribution in [0.3, 0.4) is 0 Å². The summed E-state index contributed by atoms with van der Waals surface area (Å²) in [6.07, 6.45) is 15.5. The zero-order valence-electron chi connectivity index (χ0n) is 20.0. The highest BCUT2D eigenvalue weighted by Gasteiger charge is 2.35. The predicted molar refractivity (Wildman–Crippen MR) is 126 cm³/mol. The van der Waals surface area contributed by atoms with Gasteiger partial charge in [-0.1, -0.05) is 25.0 Å². The quantitative estimate of drug-likeness (QED) is 0.391. The molecule has 32 heavy (non-hydrogen) atoms. The van der Waals surface area contributed by atoms with E-state index < -0.39 is 0 Å². The molecule has 1 aromatic rings. The summed E-state index contributed by atoms with van der Waals surface area (Å²) in [6.45, 7) is 2.55. The molecule has 0 amide bonds. The van der Waals surface area contributed by atoms with Gasteiger partial charge in [0.1, 0.15) is 5.82 Å². The van der Waals surface area contributed by atoms with Crippen LogP contribution in [-0.4, -0.2) is 33.2 Å². The van der Waals surface area contributed by atoms with Crippen LogP contribution in [0.15, 0.2) is 24.3 Å². The van der Waals surface area contributed by atoms with Gasteiger partial charge in [0, 0.05) is 25.6 Å². The average Bonchev–Trinajstić information content (AvgIpc) is 2.85. The van der Waals surface area contributed by atoms with E-state index >= 15 is 0 Å². The number of hydrogen-bond donors (Lipinski definition) is 0. The monoisotopic (exact) mass is 446 g/mol. The minimum atomic E-state index is -0.132. The van der Waals surface area contributed by atoms with Crippen molar-refractivity contribution in [1.29, 1.82) is 0 Å². The van der Waals surface area contributed by atoms with E-state index in [0.29, 0.717) is 11.8 Å². The SMILES string of the molecule is COCCC[C@H]1CO[C@H]([C@H]2CC[C@H]([C@H]3CC[C@H](CCc4ccc(F)cc4)CC3)CC2)OC1. The van der Waals surface area contributed by atoms with Crippen LogP contribution in [0.25, 0.3) is 0 Å². The minimum absolute atomic E-state index is 0.0387. The Morgan fingerprint density at radius 2 is 1.38 bits per heavy atom. The van der Waals surface area contributed by atoms with Crippen molar-refractivity contribution >= 4 is 0 Å². The molecule has 3 fully saturated rings. The Labute approximate surface area is 194 Å². The Morgan fingerprint density at radius 3 is 2.00 bits per heavy atom. The van der Waals surface area contributed by atoms with E-state index in [9.17, 15) is 4.39 Å². The second-order valence-electron chi connectivity index (χ2n) is 10.7. The highest BCUT2D eigenvalue weighted by atomic mass is 19.1. The molecule has 0 aromatic heterocycles. The number of aryl methyl sites for hydroxylation is 1. The Kier molecular flexibility index (Phi) is 9.42. The van der Waals surface area contributed by atoms with Gasteiger partial charge < -0.3 is 14.2 Å². The lowest BCUT2D eigenvalue weighted by atomic mass is 9.68. The number of halogens is 1. The fourth-order valence-corrected chi connectivity index (χ4v) is 6.37. The fourth-order valence-electron chi connectivity index (χ4n) is 6.37. The zero-order chi connectivity index (χ0) is 22.2. The minimum Gasteiger partial charge on any atom is -0.385 e. The highest BCUT2D eigenvalue weighted by Crippen LogP contribution is 2.43. The topological polar surface area (TPSA) is 27.7 Å². The molecule has 4 heteroatoms. The van der Waals surface area contributed by atoms with Gasteiger partial charge >= 0.3 is 0 Å². The van der Waals surface area contributed by atoms with Crippen LogP contribution >= 0.6 is 0 Å². The van der Waals surface area contributed by atoms with Gasteiger partial charge in [0.2, 0.25) is 0 Å². The summed E-state index contributed by atoms with van der Waals surface area (Å²) in [5.74, 6) is 3.70. The Balaban J connectivity index is 1.10. The van der Waals surface area contributed by atoms with Gasteiger partial charge in [0.15, 0.2) is 6.29 Å². The maximum absolute atomic E-state index is 13.1. The Morgan fingerprint density at radius 1 is 0.781 bits per heavy atom. The summed E-state index contributed by atoms with van der Waals surface area (Å²) in [6, 6.07) is 7.07. The highest BCUT2D eigenvalue weighted by molar-refractivity contribution is 5.16. The van der Waals surface area contributed by atoms with Crippen LogP contribution in [-0.2, 0) is 20.6 Å². The number of benzene rings is 1. The van der Waals surface area contributed by atoms with Crippen molar-refractivity contribution in [2.75, 3.05) is 26.9 Å². The van der Waals surface area contributed by atoms with Gasteiger partial charge in [-0.05, 0) is 99.7 Å². The number of hydrogen-bond acceptors (Lipinski definition) is 3. The van der Waals surface area contributed by atoms with Crippen LogP contribution in [0.2, 0.25) is 0 Å². The molecule has 1 saturated heterocycles. The van der Waals surface area contributed by atoms with Crippen molar-refractivity contribution in [1.82, 2.24) is 0 Å². The summed E-state index contributed by atoms with van der Waals surface area (Å²) in [4.78, 5) is 0. The van der Waals surface area contributed by atoms with Gasteiger partial charge in [-0.15, -0.1) is 0 Å². The average molecular weight is 447 g/mol. The van der Waals surface area contributed by atoms with Crippen molar-refractivity contribution < 1.29 is 18.6 Å². The molecule has 4 rings (SSSR count). The van der Waals surface area contributed by atoms with Crippen molar-refractivity contribution in [3.05, 3.63) is 35.6 Å². The predicted octanol–water partition coefficient (Wildman–Crippen LogP) is 6.79. The summed E-state index contributed by atoms with van der Waals surface area (Å²) in [5.41, 5.74) is 1.28.